The summed E-state index contributed by atoms with van der Waals surface area (Å²) < 4.78 is 1.46. The van der Waals surface area contributed by atoms with Crippen molar-refractivity contribution in [2.24, 2.45) is 11.7 Å². The number of aromatic nitrogens is 3. The molecule has 0 unspecified atom stereocenters. The normalized spacial score (nSPS) is 14.2. The van der Waals surface area contributed by atoms with Gasteiger partial charge in [-0.05, 0) is 37.8 Å². The average molecular weight is 359 g/mol. The Morgan fingerprint density at radius 2 is 2.15 bits per heavy atom. The number of hydrogen-bond acceptors (Lipinski definition) is 5. The summed E-state index contributed by atoms with van der Waals surface area (Å²) in [5, 5.41) is 2.96. The maximum Gasteiger partial charge on any atom is 0.330 e. The second kappa shape index (κ2) is 7.41. The van der Waals surface area contributed by atoms with Crippen LogP contribution in [-0.4, -0.2) is 33.5 Å². The Balaban J connectivity index is 2.21. The van der Waals surface area contributed by atoms with Gasteiger partial charge in [-0.15, -0.1) is 0 Å². The second-order valence-electron chi connectivity index (χ2n) is 7.23. The number of carbonyl (C=O) groups excluding carboxylic acids is 1. The van der Waals surface area contributed by atoms with Gasteiger partial charge in [0.15, 0.2) is 5.65 Å². The predicted molar refractivity (Wildman–Crippen MR) is 99.4 cm³/mol. The van der Waals surface area contributed by atoms with E-state index < -0.39 is 11.2 Å². The highest BCUT2D eigenvalue weighted by molar-refractivity contribution is 6.05. The second-order valence-corrected chi connectivity index (χ2v) is 7.23. The van der Waals surface area contributed by atoms with Crippen LogP contribution < -0.4 is 22.3 Å². The molecule has 4 N–H and O–H groups in total. The van der Waals surface area contributed by atoms with Crippen LogP contribution in [0.3, 0.4) is 0 Å². The molecule has 1 fully saturated rings. The van der Waals surface area contributed by atoms with Crippen LogP contribution in [0.5, 0.6) is 0 Å². The van der Waals surface area contributed by atoms with Gasteiger partial charge in [0.05, 0.1) is 10.9 Å². The van der Waals surface area contributed by atoms with Gasteiger partial charge in [-0.3, -0.25) is 19.1 Å². The molecule has 2 aromatic heterocycles. The van der Waals surface area contributed by atoms with Gasteiger partial charge < -0.3 is 11.1 Å². The van der Waals surface area contributed by atoms with Crippen molar-refractivity contribution in [3.05, 3.63) is 38.2 Å². The number of aromatic amines is 1. The van der Waals surface area contributed by atoms with Crippen LogP contribution in [0.15, 0.2) is 15.7 Å². The van der Waals surface area contributed by atoms with Crippen LogP contribution in [0.1, 0.15) is 55.1 Å². The molecule has 8 nitrogen and oxygen atoms in total. The third kappa shape index (κ3) is 3.70. The van der Waals surface area contributed by atoms with E-state index in [0.29, 0.717) is 31.7 Å². The molecule has 0 bridgehead atoms. The molecule has 0 spiro atoms. The molecule has 1 aliphatic carbocycles. The SMILES string of the molecule is CC(C)Cn1c(=O)[nH]c(=O)c2c(C(=O)NCCCN)cc(C3CC3)nc21. The maximum atomic E-state index is 12.7. The van der Waals surface area contributed by atoms with Crippen molar-refractivity contribution in [2.75, 3.05) is 13.1 Å². The van der Waals surface area contributed by atoms with E-state index in [2.05, 4.69) is 15.3 Å². The van der Waals surface area contributed by atoms with E-state index in [9.17, 15) is 14.4 Å². The molecule has 0 saturated heterocycles. The van der Waals surface area contributed by atoms with E-state index >= 15 is 0 Å². The number of nitrogens with two attached hydrogens (primary N) is 1. The van der Waals surface area contributed by atoms with Crippen molar-refractivity contribution in [3.63, 3.8) is 0 Å². The van der Waals surface area contributed by atoms with Crippen molar-refractivity contribution in [2.45, 2.75) is 45.6 Å². The fourth-order valence-corrected chi connectivity index (χ4v) is 2.99. The summed E-state index contributed by atoms with van der Waals surface area (Å²) in [6, 6.07) is 1.69. The number of pyridine rings is 1. The number of nitrogens with zero attached hydrogens (tertiary/aromatic N) is 2. The number of amides is 1. The molecule has 2 heterocycles. The fraction of sp³-hybridized carbons (Fsp3) is 0.556. The number of nitrogens with one attached hydrogen (secondary N) is 2. The molecule has 1 aliphatic rings. The minimum atomic E-state index is -0.580. The summed E-state index contributed by atoms with van der Waals surface area (Å²) in [6.07, 6.45) is 2.66. The summed E-state index contributed by atoms with van der Waals surface area (Å²) in [5.74, 6) is 0.139. The number of H-pyrrole nitrogens is 1. The van der Waals surface area contributed by atoms with E-state index in [1.807, 2.05) is 13.8 Å². The van der Waals surface area contributed by atoms with E-state index in [-0.39, 0.29) is 28.7 Å². The van der Waals surface area contributed by atoms with Crippen LogP contribution in [0.2, 0.25) is 0 Å². The molecule has 140 valence electrons. The largest absolute Gasteiger partial charge is 0.352 e. The van der Waals surface area contributed by atoms with Crippen LogP contribution in [0, 0.1) is 5.92 Å². The minimum absolute atomic E-state index is 0.167. The van der Waals surface area contributed by atoms with Crippen molar-refractivity contribution in [1.82, 2.24) is 19.9 Å². The van der Waals surface area contributed by atoms with Gasteiger partial charge in [-0.1, -0.05) is 13.8 Å². The van der Waals surface area contributed by atoms with Gasteiger partial charge >= 0.3 is 5.69 Å². The summed E-state index contributed by atoms with van der Waals surface area (Å²) in [6.45, 7) is 5.28. The topological polar surface area (TPSA) is 123 Å². The molecule has 0 aromatic carbocycles. The first-order valence-corrected chi connectivity index (χ1v) is 9.08. The molecule has 1 saturated carbocycles. The summed E-state index contributed by atoms with van der Waals surface area (Å²) in [4.78, 5) is 44.4. The molecule has 8 heteroatoms. The lowest BCUT2D eigenvalue weighted by atomic mass is 10.1. The third-order valence-corrected chi connectivity index (χ3v) is 4.42. The van der Waals surface area contributed by atoms with Crippen LogP contribution in [0.4, 0.5) is 0 Å². The molecular weight excluding hydrogens is 334 g/mol. The van der Waals surface area contributed by atoms with Crippen LogP contribution in [0.25, 0.3) is 11.0 Å². The molecule has 2 aromatic rings. The Kier molecular flexibility index (Phi) is 5.22. The molecule has 0 radical (unpaired) electrons. The lowest BCUT2D eigenvalue weighted by Gasteiger charge is -2.14. The van der Waals surface area contributed by atoms with Crippen molar-refractivity contribution in [3.8, 4) is 0 Å². The highest BCUT2D eigenvalue weighted by atomic mass is 16.2. The van der Waals surface area contributed by atoms with E-state index in [1.54, 1.807) is 6.07 Å². The molecule has 1 amide bonds. The zero-order valence-corrected chi connectivity index (χ0v) is 15.2. The van der Waals surface area contributed by atoms with Gasteiger partial charge in [0, 0.05) is 24.7 Å². The monoisotopic (exact) mass is 359 g/mol. The first-order chi connectivity index (χ1) is 12.4. The van der Waals surface area contributed by atoms with E-state index in [4.69, 9.17) is 5.73 Å². The van der Waals surface area contributed by atoms with Crippen molar-refractivity contribution < 1.29 is 4.79 Å². The summed E-state index contributed by atoms with van der Waals surface area (Å²) >= 11 is 0. The maximum absolute atomic E-state index is 12.7. The van der Waals surface area contributed by atoms with Crippen molar-refractivity contribution in [1.29, 1.82) is 0 Å². The highest BCUT2D eigenvalue weighted by Crippen LogP contribution is 2.39. The van der Waals surface area contributed by atoms with Crippen LogP contribution in [-0.2, 0) is 6.54 Å². The van der Waals surface area contributed by atoms with Gasteiger partial charge in [-0.2, -0.15) is 0 Å². The van der Waals surface area contributed by atoms with Crippen molar-refractivity contribution >= 4 is 16.9 Å². The van der Waals surface area contributed by atoms with E-state index in [1.165, 1.54) is 4.57 Å². The van der Waals surface area contributed by atoms with E-state index in [0.717, 1.165) is 18.5 Å². The first-order valence-electron chi connectivity index (χ1n) is 9.08. The number of hydrogen-bond donors (Lipinski definition) is 3. The lowest BCUT2D eigenvalue weighted by Crippen LogP contribution is -2.34. The highest BCUT2D eigenvalue weighted by Gasteiger charge is 2.28. The van der Waals surface area contributed by atoms with Gasteiger partial charge in [0.2, 0.25) is 0 Å². The predicted octanol–water partition coefficient (Wildman–Crippen LogP) is 0.697. The molecular formula is C18H25N5O3. The molecule has 0 atom stereocenters. The third-order valence-electron chi connectivity index (χ3n) is 4.42. The Bertz CT molecular complexity index is 940. The standard InChI is InChI=1S/C18H25N5O3/c1-10(2)9-23-15-14(17(25)22-18(23)26)12(16(24)20-7-3-6-19)8-13(21-15)11-4-5-11/h8,10-11H,3-7,9,19H2,1-2H3,(H,20,24)(H,22,25,26). The molecule has 26 heavy (non-hydrogen) atoms. The summed E-state index contributed by atoms with van der Waals surface area (Å²) in [5.41, 5.74) is 5.73. The Morgan fingerprint density at radius 3 is 2.77 bits per heavy atom. The zero-order chi connectivity index (χ0) is 18.8. The van der Waals surface area contributed by atoms with Gasteiger partial charge in [0.25, 0.3) is 11.5 Å². The van der Waals surface area contributed by atoms with Crippen LogP contribution >= 0.6 is 0 Å². The van der Waals surface area contributed by atoms with Gasteiger partial charge in [-0.25, -0.2) is 9.78 Å². The minimum Gasteiger partial charge on any atom is -0.352 e. The lowest BCUT2D eigenvalue weighted by molar-refractivity contribution is 0.0955. The van der Waals surface area contributed by atoms with Gasteiger partial charge in [0.1, 0.15) is 0 Å². The number of fused-ring (bicyclic) bond motifs is 1. The number of carbonyl (C=O) groups is 1. The fourth-order valence-electron chi connectivity index (χ4n) is 2.99. The Morgan fingerprint density at radius 1 is 1.42 bits per heavy atom. The first kappa shape index (κ1) is 18.3. The average Bonchev–Trinajstić information content (AvgIpc) is 3.42. The molecule has 0 aliphatic heterocycles. The quantitative estimate of drug-likeness (QED) is 0.628. The molecule has 3 rings (SSSR count). The smallest absolute Gasteiger partial charge is 0.330 e. The zero-order valence-electron chi connectivity index (χ0n) is 15.2. The Hall–Kier alpha value is -2.48. The summed E-state index contributed by atoms with van der Waals surface area (Å²) in [7, 11) is 0. The number of rotatable bonds is 7. The Labute approximate surface area is 150 Å².